The minimum absolute atomic E-state index is 0.0210. The first-order valence-electron chi connectivity index (χ1n) is 41.2. The van der Waals surface area contributed by atoms with Crippen LogP contribution in [0.1, 0.15) is 43.2 Å². The zero-order valence-electron chi connectivity index (χ0n) is 74.0. The van der Waals surface area contributed by atoms with Gasteiger partial charge in [0, 0.05) is 44.6 Å². The van der Waals surface area contributed by atoms with E-state index < -0.39 is 239 Å². The minimum Gasteiger partial charge on any atom is -0.397 e. The van der Waals surface area contributed by atoms with Crippen molar-refractivity contribution < 1.29 is 203 Å². The summed E-state index contributed by atoms with van der Waals surface area (Å²) in [5.41, 5.74) is 18.7. The van der Waals surface area contributed by atoms with E-state index in [0.717, 1.165) is 16.6 Å². The Morgan fingerprint density at radius 1 is 0.421 bits per heavy atom. The van der Waals surface area contributed by atoms with Crippen LogP contribution in [0.25, 0.3) is 77.4 Å². The van der Waals surface area contributed by atoms with E-state index in [2.05, 4.69) is 118 Å². The van der Waals surface area contributed by atoms with Crippen LogP contribution in [0.4, 0.5) is 23.1 Å². The molecule has 12 aromatic heterocycles. The normalized spacial score (nSPS) is 27.6. The fourth-order valence-corrected chi connectivity index (χ4v) is 17.2. The first-order valence-corrected chi connectivity index (χ1v) is 50.7. The molecule has 0 radical (unpaired) electrons. The number of phosphoric ester groups is 6. The average Bonchev–Trinajstić information content (AvgIpc) is 1.60. The number of ether oxygens (including phenoxy) is 6. The third-order valence-corrected chi connectivity index (χ3v) is 25.0. The molecule has 0 aromatic carbocycles. The van der Waals surface area contributed by atoms with Gasteiger partial charge in [-0.05, 0) is 35.8 Å². The summed E-state index contributed by atoms with van der Waals surface area (Å²) in [6.45, 7) is -1.95. The molecule has 6 fully saturated rings. The summed E-state index contributed by atoms with van der Waals surface area (Å²) in [5, 5.41) is 139. The number of aliphatic hydroxyl groups excluding tert-OH is 12. The number of hydrogen-bond acceptors (Lipinski definition) is 49. The van der Waals surface area contributed by atoms with E-state index in [4.69, 9.17) is 115 Å². The standard InChI is InChI=1S/C12H18N5O7P.C12H17N4O7P.C11H13ClN3O7P.C11H14N7O7P.C11H16N5O7P.C10H13N4O8P/c1-5-15-10(13-2)7-11(16-5)17(4-14-7)12-9(19)8(18)6(24-12)3-23-25(20,21)22;1-13-6-2-3-14-11-8(6)15-5-16(11)12-10(18)9(17)7(23-12)4-22-24(19,20)21;12-5-1-2-13-10-7(5)14-4-15(10)11-9(17)8(16)6(22-11)3-21-23(18,19)20;12-4-1-2-14-9-6(4)15-11(16-17-13)18(9)10-8(20)7(19)5(25-10)3-24-26(21,22)23;1-15-3-14-10-6(9(15)12)13-4-16(10)11-8(18)7(17)5(23-11)2-22-24(19,20)21;15-6-4(1-21-23(18,19)20)22-10(7(6)16)14-3-13-5-8(14)11-2-12-9(5)17/h4,6,8-9,12,18-19H,3H2,1-2H3,(H,13,15,16)(H2,20,21,22);2-3,5,7,9-10,12,17-18H,4H2,1H3,(H,13,14)(H2,19,20,21);1-2,4,6,8-9,11,16-17H,3H2,(H2,18,19,20);1-2,5,7-8,10,19-20H,3H2,(H2,12,14)(H2,21,22,23);3-5,7-8,11-12,17-18H,2H2,1H3,(H2,19,20,21);2-4,6-7,10,15-16H,1H2,(H,11,12,17)(H2,18,19,20)/t6-,8-,9-,12-;7-,9-,10-,12-;6-,8-,9-,11-;5-,7-,8-,10-;5-,7-,8-,11-;4-,6-,7-,10-/m111111/s1. The van der Waals surface area contributed by atoms with Crippen molar-refractivity contribution >= 4 is 149 Å². The highest BCUT2D eigenvalue weighted by Gasteiger charge is 2.52. The molecule has 145 heavy (non-hydrogen) atoms. The van der Waals surface area contributed by atoms with Gasteiger partial charge in [-0.2, -0.15) is 0 Å². The maximum Gasteiger partial charge on any atom is 0.469 e. The number of rotatable bonds is 27. The Bertz CT molecular complexity index is 7090. The van der Waals surface area contributed by atoms with Crippen LogP contribution in [0, 0.1) is 12.3 Å². The summed E-state index contributed by atoms with van der Waals surface area (Å²) in [7, 11) is -23.4. The van der Waals surface area contributed by atoms with Gasteiger partial charge in [0.2, 0.25) is 5.95 Å². The van der Waals surface area contributed by atoms with Crippen LogP contribution in [-0.2, 0) is 90.0 Å². The first-order chi connectivity index (χ1) is 68.0. The molecular formula is C67H91ClN28O43P6. The lowest BCUT2D eigenvalue weighted by molar-refractivity contribution is -0.0504. The van der Waals surface area contributed by atoms with Crippen LogP contribution >= 0.6 is 58.5 Å². The van der Waals surface area contributed by atoms with E-state index >= 15 is 0 Å². The van der Waals surface area contributed by atoms with Gasteiger partial charge in [-0.25, -0.2) is 92.2 Å². The van der Waals surface area contributed by atoms with Crippen molar-refractivity contribution in [1.29, 1.82) is 5.41 Å². The van der Waals surface area contributed by atoms with Gasteiger partial charge in [-0.15, -0.1) is 0 Å². The number of aromatic nitrogens is 21. The van der Waals surface area contributed by atoms with E-state index in [-0.39, 0.29) is 50.6 Å². The molecule has 6 aliphatic rings. The van der Waals surface area contributed by atoms with E-state index in [1.165, 1.54) is 83.8 Å². The van der Waals surface area contributed by atoms with Gasteiger partial charge >= 0.3 is 46.9 Å². The smallest absolute Gasteiger partial charge is 0.397 e. The number of phosphoric acid groups is 6. The Labute approximate surface area is 810 Å². The summed E-state index contributed by atoms with van der Waals surface area (Å²) in [6, 6.07) is 4.76. The van der Waals surface area contributed by atoms with Gasteiger partial charge in [-0.1, -0.05) is 11.6 Å². The molecule has 0 bridgehead atoms. The number of nitrogens with one attached hydrogen (secondary N) is 4. The molecule has 18 rings (SSSR count). The van der Waals surface area contributed by atoms with E-state index in [9.17, 15) is 93.5 Å². The van der Waals surface area contributed by atoms with Crippen molar-refractivity contribution in [3.63, 3.8) is 0 Å². The zero-order chi connectivity index (χ0) is 106. The zero-order valence-corrected chi connectivity index (χ0v) is 80.1. The predicted molar refractivity (Wildman–Crippen MR) is 474 cm³/mol. The van der Waals surface area contributed by atoms with Gasteiger partial charge < -0.3 is 174 Å². The van der Waals surface area contributed by atoms with Crippen molar-refractivity contribution in [1.82, 2.24) is 102 Å². The molecule has 6 saturated heterocycles. The van der Waals surface area contributed by atoms with Gasteiger partial charge in [0.25, 0.3) is 5.56 Å². The molecule has 71 nitrogen and oxygen atoms in total. The van der Waals surface area contributed by atoms with Gasteiger partial charge in [0.1, 0.15) is 138 Å². The molecule has 0 spiro atoms. The summed E-state index contributed by atoms with van der Waals surface area (Å²) in [6.07, 6.45) is -17.1. The van der Waals surface area contributed by atoms with E-state index in [1.807, 2.05) is 0 Å². The van der Waals surface area contributed by atoms with Gasteiger partial charge in [-0.3, -0.25) is 64.7 Å². The Kier molecular flexibility index (Phi) is 35.3. The molecule has 24 atom stereocenters. The van der Waals surface area contributed by atoms with Gasteiger partial charge in [0.15, 0.2) is 93.6 Å². The molecule has 0 unspecified atom stereocenters. The Morgan fingerprint density at radius 2 is 0.752 bits per heavy atom. The fourth-order valence-electron chi connectivity index (χ4n) is 15.0. The van der Waals surface area contributed by atoms with Crippen molar-refractivity contribution in [3.05, 3.63) is 118 Å². The Balaban J connectivity index is 0.000000146. The summed E-state index contributed by atoms with van der Waals surface area (Å²) < 4.78 is 133. The highest BCUT2D eigenvalue weighted by atomic mass is 35.5. The van der Waals surface area contributed by atoms with Crippen molar-refractivity contribution in [2.75, 3.05) is 70.1 Å². The monoisotopic (exact) mass is 2200 g/mol. The summed E-state index contributed by atoms with van der Waals surface area (Å²) in [4.78, 5) is 175. The van der Waals surface area contributed by atoms with Crippen LogP contribution in [0.5, 0.6) is 0 Å². The number of aliphatic hydroxyl groups is 12. The second kappa shape index (κ2) is 45.6. The Hall–Kier alpha value is -9.95. The maximum atomic E-state index is 11.6. The van der Waals surface area contributed by atoms with Crippen LogP contribution < -0.4 is 27.4 Å². The maximum absolute atomic E-state index is 11.6. The van der Waals surface area contributed by atoms with Crippen LogP contribution in [0.15, 0.2) is 91.0 Å². The molecule has 18 heterocycles. The van der Waals surface area contributed by atoms with E-state index in [1.54, 1.807) is 46.4 Å². The Morgan fingerprint density at radius 3 is 1.14 bits per heavy atom. The number of fused-ring (bicyclic) bond motifs is 6. The van der Waals surface area contributed by atoms with E-state index in [0.29, 0.717) is 50.2 Å². The molecule has 0 amide bonds. The van der Waals surface area contributed by atoms with Crippen molar-refractivity contribution in [3.8, 4) is 0 Å². The molecule has 12 aromatic rings. The third-order valence-electron chi connectivity index (χ3n) is 21.8. The molecule has 794 valence electrons. The second-order valence-corrected chi connectivity index (χ2v) is 39.2. The number of nitrogen functional groups attached to an aromatic ring is 1. The number of imidazole rings is 6. The van der Waals surface area contributed by atoms with Crippen LogP contribution in [0.2, 0.25) is 5.02 Å². The molecule has 6 aliphatic heterocycles. The molecular weight excluding hydrogens is 2110 g/mol. The molecule has 78 heteroatoms. The molecule has 0 saturated carbocycles. The molecule has 30 N–H and O–H groups in total. The quantitative estimate of drug-likeness (QED) is 0.00985. The predicted octanol–water partition coefficient (Wildman–Crippen LogP) is -6.57. The lowest BCUT2D eigenvalue weighted by atomic mass is 10.1. The topological polar surface area (TPSA) is 1060 Å². The van der Waals surface area contributed by atoms with Crippen molar-refractivity contribution in [2.24, 2.45) is 12.2 Å². The fraction of sp³-hybridized carbons (Fsp3) is 0.507. The van der Waals surface area contributed by atoms with Crippen LogP contribution in [-0.4, -0.2) is 385 Å². The number of pyridine rings is 3. The summed E-state index contributed by atoms with van der Waals surface area (Å²) in [5.74, 6) is 0.740. The minimum atomic E-state index is -4.80. The first kappa shape index (κ1) is 112. The lowest BCUT2D eigenvalue weighted by Crippen LogP contribution is -2.33. The van der Waals surface area contributed by atoms with Crippen LogP contribution in [0.3, 0.4) is 0 Å². The SMILES string of the molecule is CNc1ccnc2c1ncn2[C@@H]1O[C@H](COP(=O)(O)O)[C@@H](O)[C@H]1O.CNc1nc(C)nc2c1ncn2[C@@H]1O[C@H](COP(=O)(O)O)[C@@H](O)[C@H]1O.Cn1cnc2c(ncn2[C@@H]2O[C@H](COP(=O)(O)O)[C@@H](O)[C@H]2O)c1=N.O=P(O)(O)OC[C@H]1O[C@@H](n2cnc3c(Cl)ccnc32)[C@H](O)[C@@H]1O.O=c1[nH]cnc2c1ncn2[C@@H]1O[C@H](COP(=O)(O)O)[C@@H](O)[C@H]1O.[N-]=[N+]=Nc1nc2c(N)ccnc2n1[C@@H]1O[C@H](COP(=O)(O)O)[C@@H](O)[C@H]1O. The van der Waals surface area contributed by atoms with Gasteiger partial charge in [0.05, 0.1) is 100 Å². The number of anilines is 3. The number of aryl methyl sites for hydroxylation is 2. The lowest BCUT2D eigenvalue weighted by Gasteiger charge is -2.18. The van der Waals surface area contributed by atoms with Crippen molar-refractivity contribution in [2.45, 2.75) is 154 Å². The number of azide groups is 1. The molecule has 0 aliphatic carbocycles. The summed E-state index contributed by atoms with van der Waals surface area (Å²) >= 11 is 6.00. The average molecular weight is 2200 g/mol. The number of aromatic amines is 1. The third kappa shape index (κ3) is 26.1. The number of H-pyrrole nitrogens is 1. The number of nitrogens with two attached hydrogens (primary N) is 1. The largest absolute Gasteiger partial charge is 0.469 e. The highest BCUT2D eigenvalue weighted by Crippen LogP contribution is 2.47. The second-order valence-electron chi connectivity index (χ2n) is 31.4. The number of halogens is 1. The highest BCUT2D eigenvalue weighted by molar-refractivity contribution is 7.47. The number of nitrogens with zero attached hydrogens (tertiary/aromatic N) is 23. The number of hydrogen-bond donors (Lipinski definition) is 29.